The molecule has 0 aliphatic rings. The van der Waals surface area contributed by atoms with Gasteiger partial charge in [-0.25, -0.2) is 4.39 Å². The first-order chi connectivity index (χ1) is 8.60. The molecule has 1 aromatic carbocycles. The summed E-state index contributed by atoms with van der Waals surface area (Å²) in [6, 6.07) is 3.87. The third-order valence-corrected chi connectivity index (χ3v) is 2.93. The van der Waals surface area contributed by atoms with Crippen molar-refractivity contribution in [3.05, 3.63) is 45.5 Å². The number of hydrogen-bond donors (Lipinski definition) is 0. The van der Waals surface area contributed by atoms with Crippen molar-refractivity contribution in [3.63, 3.8) is 0 Å². The van der Waals surface area contributed by atoms with Crippen molar-refractivity contribution in [2.45, 2.75) is 6.54 Å². The van der Waals surface area contributed by atoms with Crippen molar-refractivity contribution in [1.29, 1.82) is 0 Å². The van der Waals surface area contributed by atoms with Crippen LogP contribution in [0.3, 0.4) is 0 Å². The highest BCUT2D eigenvalue weighted by atomic mass is 127. The normalized spacial score (nSPS) is 10.4. The summed E-state index contributed by atoms with van der Waals surface area (Å²) in [4.78, 5) is 12.0. The van der Waals surface area contributed by atoms with Crippen LogP contribution in [0.4, 0.5) is 4.39 Å². The molecule has 94 valence electrons. The zero-order valence-corrected chi connectivity index (χ0v) is 11.7. The maximum absolute atomic E-state index is 13.2. The molecule has 0 saturated carbocycles. The fourth-order valence-corrected chi connectivity index (χ4v) is 2.00. The van der Waals surface area contributed by atoms with E-state index >= 15 is 0 Å². The van der Waals surface area contributed by atoms with E-state index in [0.29, 0.717) is 5.75 Å². The summed E-state index contributed by atoms with van der Waals surface area (Å²) in [7, 11) is 1.45. The van der Waals surface area contributed by atoms with Crippen LogP contribution in [0.5, 0.6) is 5.75 Å². The Labute approximate surface area is 117 Å². The standard InChI is InChI=1S/C12H10FIN2O2/c1-18-12-3-2-8(13)4-10(12)11(17)7-16-6-9(14)5-15-16/h2-6H,7H2,1H3. The number of carbonyl (C=O) groups is 1. The van der Waals surface area contributed by atoms with Crippen LogP contribution in [0, 0.1) is 9.39 Å². The molecule has 0 N–H and O–H groups in total. The smallest absolute Gasteiger partial charge is 0.188 e. The zero-order valence-electron chi connectivity index (χ0n) is 9.56. The molecule has 1 heterocycles. The fraction of sp³-hybridized carbons (Fsp3) is 0.167. The second kappa shape index (κ2) is 5.47. The van der Waals surface area contributed by atoms with Crippen LogP contribution in [-0.4, -0.2) is 22.7 Å². The van der Waals surface area contributed by atoms with Gasteiger partial charge in [0, 0.05) is 6.20 Å². The Morgan fingerprint density at radius 3 is 2.94 bits per heavy atom. The van der Waals surface area contributed by atoms with Crippen molar-refractivity contribution in [2.24, 2.45) is 0 Å². The second-order valence-electron chi connectivity index (χ2n) is 3.62. The lowest BCUT2D eigenvalue weighted by Gasteiger charge is -2.07. The monoisotopic (exact) mass is 360 g/mol. The van der Waals surface area contributed by atoms with Crippen LogP contribution in [-0.2, 0) is 6.54 Å². The number of hydrogen-bond acceptors (Lipinski definition) is 3. The van der Waals surface area contributed by atoms with E-state index in [-0.39, 0.29) is 17.9 Å². The SMILES string of the molecule is COc1ccc(F)cc1C(=O)Cn1cc(I)cn1. The van der Waals surface area contributed by atoms with Gasteiger partial charge in [0.05, 0.1) is 22.4 Å². The van der Waals surface area contributed by atoms with Gasteiger partial charge >= 0.3 is 0 Å². The number of methoxy groups -OCH3 is 1. The molecule has 6 heteroatoms. The summed E-state index contributed by atoms with van der Waals surface area (Å²) >= 11 is 2.10. The first kappa shape index (κ1) is 13.0. The highest BCUT2D eigenvalue weighted by Crippen LogP contribution is 2.20. The molecular formula is C12H10FIN2O2. The summed E-state index contributed by atoms with van der Waals surface area (Å²) in [5.41, 5.74) is 0.225. The van der Waals surface area contributed by atoms with Gasteiger partial charge in [0.1, 0.15) is 18.1 Å². The molecule has 2 aromatic rings. The van der Waals surface area contributed by atoms with Gasteiger partial charge in [-0.15, -0.1) is 0 Å². The van der Waals surface area contributed by atoms with Crippen molar-refractivity contribution in [2.75, 3.05) is 7.11 Å². The Balaban J connectivity index is 2.25. The Kier molecular flexibility index (Phi) is 3.95. The lowest BCUT2D eigenvalue weighted by Crippen LogP contribution is -2.12. The molecule has 0 radical (unpaired) electrons. The Bertz CT molecular complexity index is 583. The number of aromatic nitrogens is 2. The molecule has 0 fully saturated rings. The van der Waals surface area contributed by atoms with Crippen LogP contribution in [0.2, 0.25) is 0 Å². The molecule has 0 atom stereocenters. The third kappa shape index (κ3) is 2.87. The van der Waals surface area contributed by atoms with Crippen molar-refractivity contribution < 1.29 is 13.9 Å². The Morgan fingerprint density at radius 2 is 2.33 bits per heavy atom. The van der Waals surface area contributed by atoms with E-state index in [2.05, 4.69) is 27.7 Å². The van der Waals surface area contributed by atoms with Gasteiger partial charge < -0.3 is 4.74 Å². The van der Waals surface area contributed by atoms with E-state index in [9.17, 15) is 9.18 Å². The predicted molar refractivity (Wildman–Crippen MR) is 72.2 cm³/mol. The van der Waals surface area contributed by atoms with Gasteiger partial charge in [0.15, 0.2) is 5.78 Å². The molecule has 18 heavy (non-hydrogen) atoms. The Hall–Kier alpha value is -1.44. The van der Waals surface area contributed by atoms with Crippen LogP contribution in [0.1, 0.15) is 10.4 Å². The summed E-state index contributed by atoms with van der Waals surface area (Å²) in [5.74, 6) is -0.344. The van der Waals surface area contributed by atoms with Gasteiger partial charge in [-0.05, 0) is 40.8 Å². The molecule has 1 aromatic heterocycles. The van der Waals surface area contributed by atoms with Crippen LogP contribution in [0.25, 0.3) is 0 Å². The van der Waals surface area contributed by atoms with Crippen LogP contribution in [0.15, 0.2) is 30.6 Å². The highest BCUT2D eigenvalue weighted by molar-refractivity contribution is 14.1. The number of nitrogens with zero attached hydrogens (tertiary/aromatic N) is 2. The minimum atomic E-state index is -0.464. The maximum atomic E-state index is 13.2. The van der Waals surface area contributed by atoms with Crippen molar-refractivity contribution in [1.82, 2.24) is 9.78 Å². The molecule has 0 aliphatic heterocycles. The van der Waals surface area contributed by atoms with E-state index in [0.717, 1.165) is 3.57 Å². The highest BCUT2D eigenvalue weighted by Gasteiger charge is 2.14. The quantitative estimate of drug-likeness (QED) is 0.622. The summed E-state index contributed by atoms with van der Waals surface area (Å²) < 4.78 is 20.6. The third-order valence-electron chi connectivity index (χ3n) is 2.37. The Morgan fingerprint density at radius 1 is 1.56 bits per heavy atom. The zero-order chi connectivity index (χ0) is 13.1. The van der Waals surface area contributed by atoms with Crippen LogP contribution >= 0.6 is 22.6 Å². The van der Waals surface area contributed by atoms with E-state index in [1.54, 1.807) is 12.4 Å². The van der Waals surface area contributed by atoms with E-state index in [1.165, 1.54) is 30.0 Å². The largest absolute Gasteiger partial charge is 0.496 e. The second-order valence-corrected chi connectivity index (χ2v) is 4.87. The van der Waals surface area contributed by atoms with Gasteiger partial charge in [-0.2, -0.15) is 5.10 Å². The van der Waals surface area contributed by atoms with Gasteiger partial charge in [-0.1, -0.05) is 0 Å². The van der Waals surface area contributed by atoms with Crippen molar-refractivity contribution >= 4 is 28.4 Å². The molecule has 2 rings (SSSR count). The molecule has 0 unspecified atom stereocenters. The number of rotatable bonds is 4. The molecule has 0 bridgehead atoms. The van der Waals surface area contributed by atoms with Gasteiger partial charge in [0.25, 0.3) is 0 Å². The first-order valence-electron chi connectivity index (χ1n) is 5.15. The van der Waals surface area contributed by atoms with Crippen LogP contribution < -0.4 is 4.74 Å². The molecular weight excluding hydrogens is 350 g/mol. The van der Waals surface area contributed by atoms with E-state index < -0.39 is 5.82 Å². The number of carbonyl (C=O) groups excluding carboxylic acids is 1. The van der Waals surface area contributed by atoms with Crippen molar-refractivity contribution in [3.8, 4) is 5.75 Å². The number of Topliss-reactive ketones (excluding diaryl/α,β-unsaturated/α-hetero) is 1. The summed E-state index contributed by atoms with van der Waals surface area (Å²) in [6.45, 7) is 0.0583. The fourth-order valence-electron chi connectivity index (χ4n) is 1.56. The molecule has 0 saturated heterocycles. The predicted octanol–water partition coefficient (Wildman–Crippen LogP) is 2.52. The lowest BCUT2D eigenvalue weighted by molar-refractivity contribution is 0.0964. The lowest BCUT2D eigenvalue weighted by atomic mass is 10.1. The average Bonchev–Trinajstić information content (AvgIpc) is 2.74. The first-order valence-corrected chi connectivity index (χ1v) is 6.22. The maximum Gasteiger partial charge on any atom is 0.188 e. The number of benzene rings is 1. The van der Waals surface area contributed by atoms with Gasteiger partial charge in [0.2, 0.25) is 0 Å². The number of halogens is 2. The molecule has 0 aliphatic carbocycles. The van der Waals surface area contributed by atoms with E-state index in [4.69, 9.17) is 4.74 Å². The minimum absolute atomic E-state index is 0.0583. The topological polar surface area (TPSA) is 44.1 Å². The average molecular weight is 360 g/mol. The summed E-state index contributed by atoms with van der Waals surface area (Å²) in [6.07, 6.45) is 3.39. The molecule has 0 amide bonds. The summed E-state index contributed by atoms with van der Waals surface area (Å²) in [5, 5.41) is 4.01. The molecule has 0 spiro atoms. The number of ether oxygens (including phenoxy) is 1. The van der Waals surface area contributed by atoms with E-state index in [1.807, 2.05) is 0 Å². The molecule has 4 nitrogen and oxygen atoms in total. The minimum Gasteiger partial charge on any atom is -0.496 e. The number of ketones is 1. The van der Waals surface area contributed by atoms with Gasteiger partial charge in [-0.3, -0.25) is 9.48 Å².